The van der Waals surface area contributed by atoms with E-state index in [1.165, 1.54) is 10.3 Å². The van der Waals surface area contributed by atoms with E-state index in [1.807, 2.05) is 13.8 Å². The Balaban J connectivity index is 1.91. The van der Waals surface area contributed by atoms with Crippen molar-refractivity contribution in [3.05, 3.63) is 11.1 Å². The summed E-state index contributed by atoms with van der Waals surface area (Å²) in [5.74, 6) is -3.66. The van der Waals surface area contributed by atoms with Crippen LogP contribution in [0.5, 0.6) is 0 Å². The molecule has 17 heteroatoms. The number of nitrogens with one attached hydrogen (secondary N) is 1. The minimum atomic E-state index is -1.83. The minimum absolute atomic E-state index is 0.00822. The molecule has 2 fully saturated rings. The number of carbonyl (C=O) groups excluding carboxylic acids is 6. The monoisotopic (exact) mass is 639 g/mol. The molecule has 44 heavy (non-hydrogen) atoms. The zero-order valence-corrected chi connectivity index (χ0v) is 26.7. The molecule has 0 atom stereocenters. The highest BCUT2D eigenvalue weighted by atomic mass is 32.1. The van der Waals surface area contributed by atoms with Gasteiger partial charge in [-0.3, -0.25) is 19.8 Å². The van der Waals surface area contributed by atoms with E-state index in [4.69, 9.17) is 23.9 Å². The van der Waals surface area contributed by atoms with Crippen LogP contribution in [0.4, 0.5) is 14.7 Å². The molecule has 0 aromatic carbocycles. The van der Waals surface area contributed by atoms with E-state index in [0.29, 0.717) is 5.06 Å². The van der Waals surface area contributed by atoms with Gasteiger partial charge < -0.3 is 23.9 Å². The number of thiazole rings is 1. The predicted octanol–water partition coefficient (Wildman–Crippen LogP) is 3.01. The number of carbonyl (C=O) groups is 6. The van der Waals surface area contributed by atoms with Gasteiger partial charge >= 0.3 is 24.1 Å². The highest BCUT2D eigenvalue weighted by Crippen LogP contribution is 2.30. The summed E-state index contributed by atoms with van der Waals surface area (Å²) < 4.78 is 15.9. The van der Waals surface area contributed by atoms with Crippen LogP contribution in [0.25, 0.3) is 0 Å². The molecule has 3 heterocycles. The number of hydroxylamine groups is 2. The third-order valence-electron chi connectivity index (χ3n) is 5.50. The molecule has 4 amide bonds. The normalized spacial score (nSPS) is 16.8. The molecule has 0 unspecified atom stereocenters. The molecule has 2 aliphatic rings. The molecular formula is C27H37N5O11S. The van der Waals surface area contributed by atoms with E-state index in [9.17, 15) is 28.8 Å². The number of hydrogen-bond donors (Lipinski definition) is 1. The number of amides is 4. The topological polar surface area (TPSA) is 192 Å². The summed E-state index contributed by atoms with van der Waals surface area (Å²) in [6.45, 7) is 13.1. The Hall–Kier alpha value is -4.28. The van der Waals surface area contributed by atoms with Gasteiger partial charge in [-0.1, -0.05) is 19.0 Å². The fraction of sp³-hybridized carbons (Fsp3) is 0.630. The molecule has 1 aromatic heterocycles. The van der Waals surface area contributed by atoms with Gasteiger partial charge in [0.2, 0.25) is 5.71 Å². The lowest BCUT2D eigenvalue weighted by Gasteiger charge is -2.45. The first-order valence-corrected chi connectivity index (χ1v) is 14.6. The largest absolute Gasteiger partial charge is 0.462 e. The Labute approximate surface area is 257 Å². The zero-order chi connectivity index (χ0) is 33.0. The lowest BCUT2D eigenvalue weighted by molar-refractivity contribution is -0.197. The molecule has 3 rings (SSSR count). The van der Waals surface area contributed by atoms with Crippen molar-refractivity contribution in [3.63, 3.8) is 0 Å². The highest BCUT2D eigenvalue weighted by Gasteiger charge is 2.57. The minimum Gasteiger partial charge on any atom is -0.462 e. The average molecular weight is 640 g/mol. The number of nitrogens with zero attached hydrogens (tertiary/aromatic N) is 4. The first kappa shape index (κ1) is 34.2. The van der Waals surface area contributed by atoms with Crippen molar-refractivity contribution >= 4 is 58.1 Å². The fourth-order valence-electron chi connectivity index (χ4n) is 3.56. The van der Waals surface area contributed by atoms with Crippen molar-refractivity contribution < 1.29 is 52.7 Å². The molecule has 0 bridgehead atoms. The number of esters is 1. The van der Waals surface area contributed by atoms with Crippen LogP contribution in [0.15, 0.2) is 10.5 Å². The quantitative estimate of drug-likeness (QED) is 0.137. The maximum atomic E-state index is 13.2. The Morgan fingerprint density at radius 2 is 1.61 bits per heavy atom. The van der Waals surface area contributed by atoms with Gasteiger partial charge in [-0.2, -0.15) is 0 Å². The van der Waals surface area contributed by atoms with E-state index in [1.54, 1.807) is 41.5 Å². The molecular weight excluding hydrogens is 602 g/mol. The van der Waals surface area contributed by atoms with Gasteiger partial charge in [0.15, 0.2) is 5.13 Å². The number of ether oxygens (including phenoxy) is 3. The van der Waals surface area contributed by atoms with Crippen LogP contribution in [0.1, 0.15) is 73.9 Å². The summed E-state index contributed by atoms with van der Waals surface area (Å²) in [6.07, 6.45) is -1.82. The molecule has 2 aliphatic heterocycles. The molecule has 16 nitrogen and oxygen atoms in total. The molecule has 0 spiro atoms. The number of rotatable bonds is 9. The number of aromatic nitrogens is 1. The van der Waals surface area contributed by atoms with Gasteiger partial charge in [0, 0.05) is 18.2 Å². The summed E-state index contributed by atoms with van der Waals surface area (Å²) in [4.78, 5) is 91.3. The second-order valence-corrected chi connectivity index (χ2v) is 13.3. The van der Waals surface area contributed by atoms with Crippen LogP contribution in [-0.4, -0.2) is 93.1 Å². The van der Waals surface area contributed by atoms with E-state index in [2.05, 4.69) is 15.5 Å². The Kier molecular flexibility index (Phi) is 10.2. The van der Waals surface area contributed by atoms with Crippen LogP contribution < -0.4 is 5.32 Å². The lowest BCUT2D eigenvalue weighted by Crippen LogP contribution is -2.69. The first-order valence-electron chi connectivity index (χ1n) is 13.7. The highest BCUT2D eigenvalue weighted by molar-refractivity contribution is 7.14. The summed E-state index contributed by atoms with van der Waals surface area (Å²) in [5.41, 5.74) is -4.25. The van der Waals surface area contributed by atoms with Crippen molar-refractivity contribution in [2.45, 2.75) is 85.0 Å². The Bertz CT molecular complexity index is 1320. The van der Waals surface area contributed by atoms with Gasteiger partial charge in [0.25, 0.3) is 17.4 Å². The standard InChI is InChI=1S/C27H37N5O11S/c1-15(2)11-39-21(36)27(13-31(14-27)24(38)41-26(6,7)8)43-30-19(20(35)42-32-17(33)9-10-18(32)34)16-12-44-22(28-16)29-23(37)40-25(3,4)5/h12,15H,9-11,13-14H2,1-8H3,(H,28,29,37)/b30-19-. The van der Waals surface area contributed by atoms with E-state index >= 15 is 0 Å². The predicted molar refractivity (Wildman–Crippen MR) is 153 cm³/mol. The molecule has 2 saturated heterocycles. The van der Waals surface area contributed by atoms with Gasteiger partial charge in [-0.15, -0.1) is 16.4 Å². The van der Waals surface area contributed by atoms with Crippen molar-refractivity contribution in [3.8, 4) is 0 Å². The first-order chi connectivity index (χ1) is 20.3. The van der Waals surface area contributed by atoms with Crippen LogP contribution >= 0.6 is 11.3 Å². The van der Waals surface area contributed by atoms with E-state index in [-0.39, 0.29) is 49.3 Å². The van der Waals surface area contributed by atoms with Gasteiger partial charge in [0.1, 0.15) is 16.9 Å². The number of imide groups is 1. The smallest absolute Gasteiger partial charge is 0.413 e. The summed E-state index contributed by atoms with van der Waals surface area (Å²) in [5, 5.41) is 7.93. The number of likely N-dealkylation sites (tertiary alicyclic amines) is 1. The molecule has 1 aromatic rings. The van der Waals surface area contributed by atoms with Crippen LogP contribution in [0, 0.1) is 5.92 Å². The van der Waals surface area contributed by atoms with Crippen LogP contribution in [0.3, 0.4) is 0 Å². The number of anilines is 1. The average Bonchev–Trinajstić information content (AvgIpc) is 3.43. The maximum Gasteiger partial charge on any atom is 0.413 e. The van der Waals surface area contributed by atoms with Crippen LogP contribution in [0.2, 0.25) is 0 Å². The van der Waals surface area contributed by atoms with Gasteiger partial charge in [-0.05, 0) is 47.5 Å². The second-order valence-electron chi connectivity index (χ2n) is 12.5. The summed E-state index contributed by atoms with van der Waals surface area (Å²) >= 11 is 0.898. The van der Waals surface area contributed by atoms with Gasteiger partial charge in [-0.25, -0.2) is 24.2 Å². The molecule has 242 valence electrons. The Morgan fingerprint density at radius 1 is 1.02 bits per heavy atom. The number of hydrogen-bond acceptors (Lipinski definition) is 14. The summed E-state index contributed by atoms with van der Waals surface area (Å²) in [7, 11) is 0. The third-order valence-corrected chi connectivity index (χ3v) is 6.26. The maximum absolute atomic E-state index is 13.2. The molecule has 0 radical (unpaired) electrons. The molecule has 1 N–H and O–H groups in total. The summed E-state index contributed by atoms with van der Waals surface area (Å²) in [6, 6.07) is 0. The second kappa shape index (κ2) is 13.2. The third kappa shape index (κ3) is 9.11. The SMILES string of the molecule is CC(C)COC(=O)C1(O/N=C(\C(=O)ON2C(=O)CCC2=O)c2csc(NC(=O)OC(C)(C)C)n2)CN(C(=O)OC(C)(C)C)C1. The van der Waals surface area contributed by atoms with Crippen molar-refractivity contribution in [1.82, 2.24) is 14.9 Å². The van der Waals surface area contributed by atoms with Gasteiger partial charge in [0.05, 0.1) is 19.7 Å². The lowest BCUT2D eigenvalue weighted by atomic mass is 9.94. The van der Waals surface area contributed by atoms with Crippen molar-refractivity contribution in [2.75, 3.05) is 25.0 Å². The van der Waals surface area contributed by atoms with E-state index < -0.39 is 58.5 Å². The van der Waals surface area contributed by atoms with Crippen molar-refractivity contribution in [1.29, 1.82) is 0 Å². The molecule has 0 aliphatic carbocycles. The molecule has 0 saturated carbocycles. The zero-order valence-electron chi connectivity index (χ0n) is 25.9. The Morgan fingerprint density at radius 3 is 2.16 bits per heavy atom. The van der Waals surface area contributed by atoms with E-state index in [0.717, 1.165) is 11.3 Å². The number of oxime groups is 1. The van der Waals surface area contributed by atoms with Crippen LogP contribution in [-0.2, 0) is 43.1 Å². The van der Waals surface area contributed by atoms with Crippen molar-refractivity contribution in [2.24, 2.45) is 11.1 Å². The fourth-order valence-corrected chi connectivity index (χ4v) is 4.24.